The Labute approximate surface area is 200 Å². The van der Waals surface area contributed by atoms with Crippen LogP contribution in [0.1, 0.15) is 51.4 Å². The molecule has 1 N–H and O–H groups in total. The van der Waals surface area contributed by atoms with Gasteiger partial charge >= 0.3 is 0 Å². The third kappa shape index (κ3) is 4.32. The molecule has 2 aromatic carbocycles. The molecule has 2 aliphatic rings. The number of nitrogens with zero attached hydrogens (tertiary/aromatic N) is 2. The van der Waals surface area contributed by atoms with Crippen molar-refractivity contribution in [1.82, 2.24) is 15.1 Å². The highest BCUT2D eigenvalue weighted by Gasteiger charge is 2.32. The van der Waals surface area contributed by atoms with E-state index in [0.717, 1.165) is 54.0 Å². The number of carbonyl (C=O) groups excluding carboxylic acids is 1. The second kappa shape index (κ2) is 9.36. The minimum atomic E-state index is 0.0496. The van der Waals surface area contributed by atoms with Crippen molar-refractivity contribution in [3.05, 3.63) is 70.3 Å². The van der Waals surface area contributed by atoms with Crippen LogP contribution in [0.5, 0.6) is 5.88 Å². The predicted molar refractivity (Wildman–Crippen MR) is 131 cm³/mol. The SMILES string of the molecule is C#Cc1ccc(C2CN(C(=O)c3ccc(C)c(-c4[nH]nc(OC5CCOCC5)c4C)c3)C2)cc1. The highest BCUT2D eigenvalue weighted by Crippen LogP contribution is 2.33. The molecule has 2 fully saturated rings. The number of aryl methyl sites for hydroxylation is 1. The molecule has 3 heterocycles. The molecule has 1 aromatic heterocycles. The van der Waals surface area contributed by atoms with E-state index >= 15 is 0 Å². The number of aromatic nitrogens is 2. The molecular weight excluding hydrogens is 426 g/mol. The normalized spacial score (nSPS) is 16.7. The highest BCUT2D eigenvalue weighted by atomic mass is 16.5. The van der Waals surface area contributed by atoms with Crippen LogP contribution < -0.4 is 4.74 Å². The van der Waals surface area contributed by atoms with Crippen LogP contribution in [0.3, 0.4) is 0 Å². The van der Waals surface area contributed by atoms with Crippen LogP contribution in [0.25, 0.3) is 11.3 Å². The number of terminal acetylenes is 1. The Kier molecular flexibility index (Phi) is 6.12. The number of amides is 1. The van der Waals surface area contributed by atoms with E-state index in [1.807, 2.05) is 49.1 Å². The zero-order valence-corrected chi connectivity index (χ0v) is 19.6. The van der Waals surface area contributed by atoms with Gasteiger partial charge in [-0.3, -0.25) is 9.89 Å². The first-order chi connectivity index (χ1) is 16.5. The van der Waals surface area contributed by atoms with E-state index in [2.05, 4.69) is 28.3 Å². The number of hydrogen-bond donors (Lipinski definition) is 1. The van der Waals surface area contributed by atoms with E-state index in [4.69, 9.17) is 15.9 Å². The molecule has 174 valence electrons. The van der Waals surface area contributed by atoms with Gasteiger partial charge in [-0.1, -0.05) is 24.1 Å². The van der Waals surface area contributed by atoms with Crippen molar-refractivity contribution in [3.8, 4) is 29.5 Å². The second-order valence-electron chi connectivity index (χ2n) is 9.16. The van der Waals surface area contributed by atoms with E-state index in [-0.39, 0.29) is 12.0 Å². The number of ether oxygens (including phenoxy) is 2. The van der Waals surface area contributed by atoms with Crippen LogP contribution in [0.4, 0.5) is 0 Å². The van der Waals surface area contributed by atoms with Crippen LogP contribution in [0.2, 0.25) is 0 Å². The first-order valence-corrected chi connectivity index (χ1v) is 11.8. The molecule has 0 saturated carbocycles. The summed E-state index contributed by atoms with van der Waals surface area (Å²) >= 11 is 0. The molecule has 0 spiro atoms. The van der Waals surface area contributed by atoms with Gasteiger partial charge in [0.25, 0.3) is 5.91 Å². The summed E-state index contributed by atoms with van der Waals surface area (Å²) in [6.07, 6.45) is 7.31. The first-order valence-electron chi connectivity index (χ1n) is 11.8. The number of benzene rings is 2. The summed E-state index contributed by atoms with van der Waals surface area (Å²) in [5, 5.41) is 7.56. The summed E-state index contributed by atoms with van der Waals surface area (Å²) < 4.78 is 11.5. The van der Waals surface area contributed by atoms with E-state index in [1.165, 1.54) is 5.56 Å². The van der Waals surface area contributed by atoms with Crippen LogP contribution in [-0.4, -0.2) is 53.4 Å². The molecule has 0 aliphatic carbocycles. The van der Waals surface area contributed by atoms with Gasteiger partial charge < -0.3 is 14.4 Å². The fourth-order valence-corrected chi connectivity index (χ4v) is 4.62. The van der Waals surface area contributed by atoms with Crippen LogP contribution in [0, 0.1) is 26.2 Å². The van der Waals surface area contributed by atoms with Crippen LogP contribution in [-0.2, 0) is 4.74 Å². The maximum atomic E-state index is 13.2. The lowest BCUT2D eigenvalue weighted by Gasteiger charge is -2.39. The lowest BCUT2D eigenvalue weighted by atomic mass is 9.90. The fourth-order valence-electron chi connectivity index (χ4n) is 4.62. The average Bonchev–Trinajstić information content (AvgIpc) is 3.19. The molecule has 6 nitrogen and oxygen atoms in total. The molecule has 0 bridgehead atoms. The van der Waals surface area contributed by atoms with Gasteiger partial charge in [-0.05, 0) is 49.2 Å². The Morgan fingerprint density at radius 3 is 2.59 bits per heavy atom. The second-order valence-corrected chi connectivity index (χ2v) is 9.16. The fraction of sp³-hybridized carbons (Fsp3) is 0.357. The van der Waals surface area contributed by atoms with Crippen molar-refractivity contribution in [2.75, 3.05) is 26.3 Å². The summed E-state index contributed by atoms with van der Waals surface area (Å²) in [4.78, 5) is 15.1. The standard InChI is InChI=1S/C28H29N3O3/c1-4-20-6-9-21(10-7-20)23-16-31(17-23)28(32)22-8-5-18(2)25(15-22)26-19(3)27(30-29-26)34-24-11-13-33-14-12-24/h1,5-10,15,23-24H,11-14,16-17H2,2-3H3,(H,29,30). The molecule has 0 atom stereocenters. The molecule has 5 rings (SSSR count). The molecule has 2 aliphatic heterocycles. The zero-order chi connectivity index (χ0) is 23.7. The van der Waals surface area contributed by atoms with Gasteiger partial charge in [0.15, 0.2) is 0 Å². The first kappa shape index (κ1) is 22.2. The van der Waals surface area contributed by atoms with E-state index in [1.54, 1.807) is 0 Å². The predicted octanol–water partition coefficient (Wildman–Crippen LogP) is 4.47. The number of nitrogens with one attached hydrogen (secondary N) is 1. The maximum absolute atomic E-state index is 13.2. The quantitative estimate of drug-likeness (QED) is 0.577. The minimum Gasteiger partial charge on any atom is -0.473 e. The van der Waals surface area contributed by atoms with Gasteiger partial charge in [-0.15, -0.1) is 11.5 Å². The zero-order valence-electron chi connectivity index (χ0n) is 19.6. The van der Waals surface area contributed by atoms with Gasteiger partial charge in [-0.25, -0.2) is 0 Å². The van der Waals surface area contributed by atoms with Gasteiger partial charge in [0.1, 0.15) is 6.10 Å². The van der Waals surface area contributed by atoms with Crippen molar-refractivity contribution in [2.24, 2.45) is 0 Å². The van der Waals surface area contributed by atoms with Crippen LogP contribution >= 0.6 is 0 Å². The molecule has 0 radical (unpaired) electrons. The molecular formula is C28H29N3O3. The Morgan fingerprint density at radius 2 is 1.88 bits per heavy atom. The maximum Gasteiger partial charge on any atom is 0.253 e. The highest BCUT2D eigenvalue weighted by molar-refractivity contribution is 5.96. The summed E-state index contributed by atoms with van der Waals surface area (Å²) in [5.41, 5.74) is 6.68. The largest absolute Gasteiger partial charge is 0.473 e. The van der Waals surface area contributed by atoms with Crippen molar-refractivity contribution in [1.29, 1.82) is 0 Å². The van der Waals surface area contributed by atoms with E-state index < -0.39 is 0 Å². The topological polar surface area (TPSA) is 67.5 Å². The smallest absolute Gasteiger partial charge is 0.253 e. The summed E-state index contributed by atoms with van der Waals surface area (Å²) in [6, 6.07) is 13.9. The third-order valence-corrected chi connectivity index (χ3v) is 6.88. The van der Waals surface area contributed by atoms with Gasteiger partial charge in [0, 0.05) is 54.1 Å². The van der Waals surface area contributed by atoms with Gasteiger partial charge in [0.05, 0.1) is 18.9 Å². The van der Waals surface area contributed by atoms with Crippen molar-refractivity contribution < 1.29 is 14.3 Å². The van der Waals surface area contributed by atoms with E-state index in [0.29, 0.717) is 30.5 Å². The monoisotopic (exact) mass is 455 g/mol. The van der Waals surface area contributed by atoms with Gasteiger partial charge in [-0.2, -0.15) is 0 Å². The van der Waals surface area contributed by atoms with E-state index in [9.17, 15) is 4.79 Å². The Hall–Kier alpha value is -3.56. The molecule has 0 unspecified atom stereocenters. The Balaban J connectivity index is 1.29. The number of aromatic amines is 1. The molecule has 34 heavy (non-hydrogen) atoms. The summed E-state index contributed by atoms with van der Waals surface area (Å²) in [6.45, 7) is 6.91. The van der Waals surface area contributed by atoms with Crippen molar-refractivity contribution >= 4 is 5.91 Å². The Morgan fingerprint density at radius 1 is 1.15 bits per heavy atom. The van der Waals surface area contributed by atoms with Crippen LogP contribution in [0.15, 0.2) is 42.5 Å². The average molecular weight is 456 g/mol. The molecule has 2 saturated heterocycles. The summed E-state index contributed by atoms with van der Waals surface area (Å²) in [7, 11) is 0. The number of carbonyl (C=O) groups is 1. The summed E-state index contributed by atoms with van der Waals surface area (Å²) in [5.74, 6) is 3.66. The lowest BCUT2D eigenvalue weighted by Crippen LogP contribution is -2.48. The third-order valence-electron chi connectivity index (χ3n) is 6.88. The Bertz CT molecular complexity index is 1230. The lowest BCUT2D eigenvalue weighted by molar-refractivity contribution is 0.0234. The van der Waals surface area contributed by atoms with Crippen molar-refractivity contribution in [2.45, 2.75) is 38.7 Å². The number of H-pyrrole nitrogens is 1. The van der Waals surface area contributed by atoms with Gasteiger partial charge in [0.2, 0.25) is 5.88 Å². The molecule has 3 aromatic rings. The number of rotatable bonds is 5. The van der Waals surface area contributed by atoms with Crippen molar-refractivity contribution in [3.63, 3.8) is 0 Å². The minimum absolute atomic E-state index is 0.0496. The molecule has 6 heteroatoms. The molecule has 1 amide bonds. The number of likely N-dealkylation sites (tertiary alicyclic amines) is 1. The number of hydrogen-bond acceptors (Lipinski definition) is 4.